The van der Waals surface area contributed by atoms with E-state index in [9.17, 15) is 4.79 Å². The summed E-state index contributed by atoms with van der Waals surface area (Å²) >= 11 is 7.44. The van der Waals surface area contributed by atoms with Crippen LogP contribution in [0.3, 0.4) is 0 Å². The number of amides is 1. The van der Waals surface area contributed by atoms with Gasteiger partial charge in [-0.2, -0.15) is 0 Å². The van der Waals surface area contributed by atoms with E-state index in [1.54, 1.807) is 0 Å². The second kappa shape index (κ2) is 10.5. The summed E-state index contributed by atoms with van der Waals surface area (Å²) in [6.07, 6.45) is 1.87. The molecular weight excluding hydrogens is 291 g/mol. The lowest BCUT2D eigenvalue weighted by Crippen LogP contribution is -2.26. The summed E-state index contributed by atoms with van der Waals surface area (Å²) in [6, 6.07) is 7.52. The highest BCUT2D eigenvalue weighted by Gasteiger charge is 2.04. The standard InChI is InChI=1S/C12H17ClN2OS.ClH/c13-10-5-1-2-6-11(10)17-9-12(16)15-8-4-3-7-14;/h1-2,5-6H,3-4,7-9,14H2,(H,15,16);1H. The summed E-state index contributed by atoms with van der Waals surface area (Å²) in [5, 5.41) is 3.54. The Morgan fingerprint density at radius 3 is 2.72 bits per heavy atom. The monoisotopic (exact) mass is 308 g/mol. The first-order chi connectivity index (χ1) is 8.24. The molecule has 0 saturated heterocycles. The van der Waals surface area contributed by atoms with Gasteiger partial charge < -0.3 is 11.1 Å². The Balaban J connectivity index is 0.00000289. The minimum atomic E-state index is 0. The molecule has 0 aliphatic heterocycles. The van der Waals surface area contributed by atoms with Crippen LogP contribution in [0.5, 0.6) is 0 Å². The molecule has 0 aliphatic rings. The average Bonchev–Trinajstić information content (AvgIpc) is 2.34. The maximum Gasteiger partial charge on any atom is 0.230 e. The second-order valence-corrected chi connectivity index (χ2v) is 4.99. The number of carbonyl (C=O) groups excluding carboxylic acids is 1. The summed E-state index contributed by atoms with van der Waals surface area (Å²) in [6.45, 7) is 1.36. The normalized spacial score (nSPS) is 9.67. The first-order valence-corrected chi connectivity index (χ1v) is 6.94. The Kier molecular flexibility index (Phi) is 10.3. The Hall–Kier alpha value is -0.420. The molecule has 1 aromatic carbocycles. The highest BCUT2D eigenvalue weighted by atomic mass is 35.5. The molecule has 0 aromatic heterocycles. The third-order valence-electron chi connectivity index (χ3n) is 2.15. The van der Waals surface area contributed by atoms with Crippen LogP contribution in [0.4, 0.5) is 0 Å². The number of carbonyl (C=O) groups is 1. The first kappa shape index (κ1) is 17.6. The third kappa shape index (κ3) is 7.11. The van der Waals surface area contributed by atoms with Crippen LogP contribution in [-0.4, -0.2) is 24.7 Å². The van der Waals surface area contributed by atoms with Gasteiger partial charge in [-0.1, -0.05) is 23.7 Å². The fourth-order valence-corrected chi connectivity index (χ4v) is 2.32. The van der Waals surface area contributed by atoms with Gasteiger partial charge in [0.05, 0.1) is 10.8 Å². The van der Waals surface area contributed by atoms with E-state index in [2.05, 4.69) is 5.32 Å². The van der Waals surface area contributed by atoms with E-state index in [0.717, 1.165) is 17.7 Å². The minimum Gasteiger partial charge on any atom is -0.355 e. The van der Waals surface area contributed by atoms with Crippen LogP contribution in [0, 0.1) is 0 Å². The lowest BCUT2D eigenvalue weighted by molar-refractivity contribution is -0.118. The highest BCUT2D eigenvalue weighted by molar-refractivity contribution is 8.00. The number of rotatable bonds is 7. The maximum atomic E-state index is 11.5. The first-order valence-electron chi connectivity index (χ1n) is 5.58. The van der Waals surface area contributed by atoms with Gasteiger partial charge in [-0.05, 0) is 31.5 Å². The summed E-state index contributed by atoms with van der Waals surface area (Å²) in [5.74, 6) is 0.429. The number of nitrogens with one attached hydrogen (secondary N) is 1. The molecule has 102 valence electrons. The zero-order chi connectivity index (χ0) is 12.5. The van der Waals surface area contributed by atoms with Gasteiger partial charge in [-0.15, -0.1) is 24.2 Å². The Labute approximate surface area is 123 Å². The van der Waals surface area contributed by atoms with Crippen LogP contribution < -0.4 is 11.1 Å². The van der Waals surface area contributed by atoms with E-state index in [1.165, 1.54) is 11.8 Å². The van der Waals surface area contributed by atoms with Crippen molar-refractivity contribution < 1.29 is 4.79 Å². The lowest BCUT2D eigenvalue weighted by atomic mass is 10.3. The summed E-state index contributed by atoms with van der Waals surface area (Å²) < 4.78 is 0. The van der Waals surface area contributed by atoms with Gasteiger partial charge >= 0.3 is 0 Å². The number of benzene rings is 1. The molecule has 0 bridgehead atoms. The predicted octanol–water partition coefficient (Wildman–Crippen LogP) is 2.71. The Morgan fingerprint density at radius 2 is 2.06 bits per heavy atom. The molecule has 0 saturated carbocycles. The van der Waals surface area contributed by atoms with Crippen LogP contribution >= 0.6 is 35.8 Å². The molecule has 1 aromatic rings. The molecule has 6 heteroatoms. The smallest absolute Gasteiger partial charge is 0.230 e. The topological polar surface area (TPSA) is 55.1 Å². The van der Waals surface area contributed by atoms with Gasteiger partial charge in [0.1, 0.15) is 0 Å². The van der Waals surface area contributed by atoms with E-state index in [4.69, 9.17) is 17.3 Å². The molecule has 0 unspecified atom stereocenters. The number of hydrogen-bond acceptors (Lipinski definition) is 3. The zero-order valence-corrected chi connectivity index (χ0v) is 12.4. The molecule has 1 amide bonds. The van der Waals surface area contributed by atoms with Gasteiger partial charge in [0, 0.05) is 11.4 Å². The molecule has 0 spiro atoms. The zero-order valence-electron chi connectivity index (χ0n) is 10.0. The van der Waals surface area contributed by atoms with Gasteiger partial charge in [-0.25, -0.2) is 0 Å². The van der Waals surface area contributed by atoms with Crippen LogP contribution in [0.25, 0.3) is 0 Å². The highest BCUT2D eigenvalue weighted by Crippen LogP contribution is 2.26. The number of nitrogens with two attached hydrogens (primary N) is 1. The third-order valence-corrected chi connectivity index (χ3v) is 3.66. The van der Waals surface area contributed by atoms with Crippen molar-refractivity contribution in [1.29, 1.82) is 0 Å². The van der Waals surface area contributed by atoms with Crippen LogP contribution in [0.1, 0.15) is 12.8 Å². The fraction of sp³-hybridized carbons (Fsp3) is 0.417. The van der Waals surface area contributed by atoms with Crippen LogP contribution in [-0.2, 0) is 4.79 Å². The van der Waals surface area contributed by atoms with E-state index in [0.29, 0.717) is 23.9 Å². The Morgan fingerprint density at radius 1 is 1.33 bits per heavy atom. The fourth-order valence-electron chi connectivity index (χ4n) is 1.25. The molecule has 0 radical (unpaired) electrons. The molecule has 3 N–H and O–H groups in total. The van der Waals surface area contributed by atoms with Crippen LogP contribution in [0.2, 0.25) is 5.02 Å². The average molecular weight is 309 g/mol. The number of unbranched alkanes of at least 4 members (excludes halogenated alkanes) is 1. The predicted molar refractivity (Wildman–Crippen MR) is 80.7 cm³/mol. The summed E-state index contributed by atoms with van der Waals surface area (Å²) in [7, 11) is 0. The van der Waals surface area contributed by atoms with Crippen molar-refractivity contribution in [3.8, 4) is 0 Å². The minimum absolute atomic E-state index is 0. The van der Waals surface area contributed by atoms with Crippen molar-refractivity contribution in [2.24, 2.45) is 5.73 Å². The van der Waals surface area contributed by atoms with Crippen LogP contribution in [0.15, 0.2) is 29.2 Å². The lowest BCUT2D eigenvalue weighted by Gasteiger charge is -2.05. The van der Waals surface area contributed by atoms with E-state index in [-0.39, 0.29) is 18.3 Å². The van der Waals surface area contributed by atoms with E-state index in [1.807, 2.05) is 24.3 Å². The molecule has 1 rings (SSSR count). The van der Waals surface area contributed by atoms with Crippen molar-refractivity contribution >= 4 is 41.7 Å². The molecule has 0 fully saturated rings. The Bertz CT molecular complexity index is 364. The molecule has 18 heavy (non-hydrogen) atoms. The summed E-state index contributed by atoms with van der Waals surface area (Å²) in [4.78, 5) is 12.4. The van der Waals surface area contributed by atoms with Crippen molar-refractivity contribution in [2.45, 2.75) is 17.7 Å². The van der Waals surface area contributed by atoms with Crippen molar-refractivity contribution in [3.05, 3.63) is 29.3 Å². The number of hydrogen-bond donors (Lipinski definition) is 2. The van der Waals surface area contributed by atoms with E-state index < -0.39 is 0 Å². The summed E-state index contributed by atoms with van der Waals surface area (Å²) in [5.41, 5.74) is 5.37. The number of thioether (sulfide) groups is 1. The quantitative estimate of drug-likeness (QED) is 0.601. The molecular formula is C12H18Cl2N2OS. The molecule has 0 atom stereocenters. The van der Waals surface area contributed by atoms with Gasteiger partial charge in [-0.3, -0.25) is 4.79 Å². The van der Waals surface area contributed by atoms with Crippen molar-refractivity contribution in [2.75, 3.05) is 18.8 Å². The molecule has 3 nitrogen and oxygen atoms in total. The van der Waals surface area contributed by atoms with Crippen molar-refractivity contribution in [1.82, 2.24) is 5.32 Å². The molecule has 0 heterocycles. The number of halogens is 2. The molecule has 0 aliphatic carbocycles. The van der Waals surface area contributed by atoms with Crippen molar-refractivity contribution in [3.63, 3.8) is 0 Å². The SMILES string of the molecule is Cl.NCCCCNC(=O)CSc1ccccc1Cl. The van der Waals surface area contributed by atoms with E-state index >= 15 is 0 Å². The van der Waals surface area contributed by atoms with Gasteiger partial charge in [0.15, 0.2) is 0 Å². The van der Waals surface area contributed by atoms with Gasteiger partial charge in [0.2, 0.25) is 5.91 Å². The largest absolute Gasteiger partial charge is 0.355 e. The second-order valence-electron chi connectivity index (χ2n) is 3.56. The van der Waals surface area contributed by atoms with Gasteiger partial charge in [0.25, 0.3) is 0 Å². The maximum absolute atomic E-state index is 11.5.